The molecule has 0 fully saturated rings. The van der Waals surface area contributed by atoms with Gasteiger partial charge in [0.2, 0.25) is 11.7 Å². The zero-order chi connectivity index (χ0) is 32.2. The van der Waals surface area contributed by atoms with Crippen LogP contribution in [0.25, 0.3) is 0 Å². The Bertz CT molecular complexity index is 1580. The van der Waals surface area contributed by atoms with E-state index in [-0.39, 0.29) is 51.2 Å². The Kier molecular flexibility index (Phi) is 9.16. The van der Waals surface area contributed by atoms with Crippen LogP contribution in [-0.4, -0.2) is 58.2 Å². The summed E-state index contributed by atoms with van der Waals surface area (Å²) in [5.41, 5.74) is -1.09. The number of methoxy groups -OCH3 is 4. The monoisotopic (exact) mass is 617 g/mol. The van der Waals surface area contributed by atoms with Crippen molar-refractivity contribution in [3.63, 3.8) is 0 Å². The van der Waals surface area contributed by atoms with E-state index in [2.05, 4.69) is 20.7 Å². The van der Waals surface area contributed by atoms with Gasteiger partial charge in [0.25, 0.3) is 11.8 Å². The molecule has 0 bridgehead atoms. The lowest BCUT2D eigenvalue weighted by Crippen LogP contribution is -2.42. The molecule has 1 atom stereocenters. The maximum absolute atomic E-state index is 13.4. The molecule has 1 heterocycles. The van der Waals surface area contributed by atoms with Gasteiger partial charge in [-0.1, -0.05) is 0 Å². The maximum Gasteiger partial charge on any atom is 0.416 e. The Morgan fingerprint density at radius 2 is 1.52 bits per heavy atom. The van der Waals surface area contributed by atoms with Crippen molar-refractivity contribution >= 4 is 35.1 Å². The summed E-state index contributed by atoms with van der Waals surface area (Å²) in [7, 11) is 5.24. The van der Waals surface area contributed by atoms with E-state index in [0.29, 0.717) is 0 Å². The first-order chi connectivity index (χ1) is 20.9. The smallest absolute Gasteiger partial charge is 0.416 e. The normalized spacial score (nSPS) is 14.3. The quantitative estimate of drug-likeness (QED) is 0.297. The molecule has 3 aromatic rings. The third-order valence-corrected chi connectivity index (χ3v) is 6.43. The van der Waals surface area contributed by atoms with E-state index >= 15 is 0 Å². The Morgan fingerprint density at radius 1 is 0.886 bits per heavy atom. The number of fused-ring (bicyclic) bond motifs is 1. The van der Waals surface area contributed by atoms with Crippen molar-refractivity contribution in [1.82, 2.24) is 5.32 Å². The first-order valence-corrected chi connectivity index (χ1v) is 12.7. The minimum Gasteiger partial charge on any atom is -0.493 e. The fourth-order valence-electron chi connectivity index (χ4n) is 4.21. The van der Waals surface area contributed by atoms with Crippen LogP contribution < -0.4 is 34.9 Å². The molecule has 0 spiro atoms. The fraction of sp³-hybridized carbons (Fsp3) is 0.241. The summed E-state index contributed by atoms with van der Waals surface area (Å²) in [4.78, 5) is 51.1. The van der Waals surface area contributed by atoms with Crippen LogP contribution in [0.15, 0.2) is 48.5 Å². The van der Waals surface area contributed by atoms with E-state index in [1.54, 1.807) is 0 Å². The van der Waals surface area contributed by atoms with Gasteiger partial charge in [0.15, 0.2) is 17.2 Å². The number of nitrogens with one attached hydrogen (secondary N) is 3. The van der Waals surface area contributed by atoms with Crippen LogP contribution in [0.3, 0.4) is 0 Å². The fourth-order valence-corrected chi connectivity index (χ4v) is 4.21. The van der Waals surface area contributed by atoms with Crippen LogP contribution >= 0.6 is 0 Å². The zero-order valence-electron chi connectivity index (χ0n) is 23.7. The van der Waals surface area contributed by atoms with Gasteiger partial charge in [0, 0.05) is 5.56 Å². The Labute approximate surface area is 248 Å². The summed E-state index contributed by atoms with van der Waals surface area (Å²) in [5, 5.41) is 7.58. The average molecular weight is 618 g/mol. The van der Waals surface area contributed by atoms with Crippen LogP contribution in [0.1, 0.15) is 32.7 Å². The highest BCUT2D eigenvalue weighted by atomic mass is 19.4. The SMILES string of the molecule is COC(=O)C[C@@H]1NC(=O)c2cc(Oc3ccc(C(F)(F)F)cc3)c(NC(=O)c3cc(OC)c(OC)c(OC)c3)cc2NC1=O. The van der Waals surface area contributed by atoms with Gasteiger partial charge in [-0.15, -0.1) is 0 Å². The van der Waals surface area contributed by atoms with Gasteiger partial charge >= 0.3 is 12.1 Å². The predicted molar refractivity (Wildman–Crippen MR) is 149 cm³/mol. The second-order valence-electron chi connectivity index (χ2n) is 9.18. The van der Waals surface area contributed by atoms with E-state index in [9.17, 15) is 32.3 Å². The number of amides is 3. The van der Waals surface area contributed by atoms with Crippen molar-refractivity contribution in [3.8, 4) is 28.7 Å². The van der Waals surface area contributed by atoms with Crippen LogP contribution in [0.5, 0.6) is 28.7 Å². The minimum absolute atomic E-state index is 0.0418. The third kappa shape index (κ3) is 6.77. The van der Waals surface area contributed by atoms with Gasteiger partial charge in [-0.2, -0.15) is 13.2 Å². The molecule has 4 rings (SSSR count). The third-order valence-electron chi connectivity index (χ3n) is 6.43. The summed E-state index contributed by atoms with van der Waals surface area (Å²) in [6.07, 6.45) is -5.04. The molecule has 1 aliphatic heterocycles. The lowest BCUT2D eigenvalue weighted by Gasteiger charge is -2.17. The lowest BCUT2D eigenvalue weighted by molar-refractivity contribution is -0.142. The molecular formula is C29H26F3N3O9. The molecule has 0 aliphatic carbocycles. The summed E-state index contributed by atoms with van der Waals surface area (Å²) in [5.74, 6) is -2.58. The van der Waals surface area contributed by atoms with Crippen molar-refractivity contribution in [3.05, 3.63) is 65.2 Å². The summed E-state index contributed by atoms with van der Waals surface area (Å²) < 4.78 is 65.5. The first-order valence-electron chi connectivity index (χ1n) is 12.7. The number of carbonyl (C=O) groups excluding carboxylic acids is 4. The molecule has 0 saturated carbocycles. The molecule has 0 aromatic heterocycles. The average Bonchev–Trinajstić information content (AvgIpc) is 3.10. The Hall–Kier alpha value is -5.47. The van der Waals surface area contributed by atoms with Crippen molar-refractivity contribution in [2.75, 3.05) is 39.1 Å². The van der Waals surface area contributed by atoms with Crippen molar-refractivity contribution < 1.29 is 56.0 Å². The van der Waals surface area contributed by atoms with E-state index in [1.807, 2.05) is 0 Å². The predicted octanol–water partition coefficient (Wildman–Crippen LogP) is 4.39. The number of hydrogen-bond acceptors (Lipinski definition) is 9. The molecule has 0 unspecified atom stereocenters. The largest absolute Gasteiger partial charge is 0.493 e. The Balaban J connectivity index is 1.76. The molecule has 1 aliphatic rings. The standard InChI is InChI=1S/C29H26F3N3O9/c1-40-22-9-14(10-23(41-2)25(22)43-4)26(37)34-19-12-18-17(27(38)35-20(28(39)33-18)13-24(36)42-3)11-21(19)44-16-7-5-15(6-8-16)29(30,31)32/h5-12,20H,13H2,1-4H3,(H,33,39)(H,34,37)(H,35,38)/t20-/m0/s1. The van der Waals surface area contributed by atoms with Gasteiger partial charge < -0.3 is 39.6 Å². The first kappa shape index (κ1) is 31.5. The number of anilines is 2. The van der Waals surface area contributed by atoms with E-state index in [4.69, 9.17) is 18.9 Å². The molecule has 3 N–H and O–H groups in total. The number of rotatable bonds is 9. The lowest BCUT2D eigenvalue weighted by atomic mass is 10.1. The number of alkyl halides is 3. The molecule has 0 radical (unpaired) electrons. The van der Waals surface area contributed by atoms with Gasteiger partial charge in [0.05, 0.1) is 57.4 Å². The molecule has 15 heteroatoms. The maximum atomic E-state index is 13.4. The molecule has 3 amide bonds. The van der Waals surface area contributed by atoms with Crippen LogP contribution in [0.2, 0.25) is 0 Å². The molecule has 0 saturated heterocycles. The van der Waals surface area contributed by atoms with E-state index in [0.717, 1.165) is 31.4 Å². The number of esters is 1. The molecule has 232 valence electrons. The molecule has 3 aromatic carbocycles. The van der Waals surface area contributed by atoms with Gasteiger partial charge in [0.1, 0.15) is 11.8 Å². The van der Waals surface area contributed by atoms with Gasteiger partial charge in [-0.05, 0) is 48.5 Å². The zero-order valence-corrected chi connectivity index (χ0v) is 23.7. The topological polar surface area (TPSA) is 151 Å². The highest BCUT2D eigenvalue weighted by Crippen LogP contribution is 2.40. The second kappa shape index (κ2) is 12.8. The van der Waals surface area contributed by atoms with Gasteiger partial charge in [-0.25, -0.2) is 0 Å². The van der Waals surface area contributed by atoms with Gasteiger partial charge in [-0.3, -0.25) is 19.2 Å². The van der Waals surface area contributed by atoms with E-state index < -0.39 is 47.9 Å². The number of benzene rings is 3. The second-order valence-corrected chi connectivity index (χ2v) is 9.18. The highest BCUT2D eigenvalue weighted by molar-refractivity contribution is 6.13. The van der Waals surface area contributed by atoms with Crippen molar-refractivity contribution in [2.45, 2.75) is 18.6 Å². The minimum atomic E-state index is -4.58. The number of ether oxygens (including phenoxy) is 5. The van der Waals surface area contributed by atoms with Crippen LogP contribution in [0, 0.1) is 0 Å². The molecular weight excluding hydrogens is 591 g/mol. The van der Waals surface area contributed by atoms with E-state index in [1.165, 1.54) is 45.6 Å². The summed E-state index contributed by atoms with van der Waals surface area (Å²) in [6, 6.07) is 7.64. The summed E-state index contributed by atoms with van der Waals surface area (Å²) in [6.45, 7) is 0. The molecule has 12 nitrogen and oxygen atoms in total. The number of hydrogen-bond donors (Lipinski definition) is 3. The van der Waals surface area contributed by atoms with Crippen LogP contribution in [0.4, 0.5) is 24.5 Å². The molecule has 44 heavy (non-hydrogen) atoms. The Morgan fingerprint density at radius 3 is 2.07 bits per heavy atom. The summed E-state index contributed by atoms with van der Waals surface area (Å²) >= 11 is 0. The number of carbonyl (C=O) groups is 4. The van der Waals surface area contributed by atoms with Crippen molar-refractivity contribution in [2.24, 2.45) is 0 Å². The van der Waals surface area contributed by atoms with Crippen LogP contribution in [-0.2, 0) is 20.5 Å². The number of halogens is 3. The van der Waals surface area contributed by atoms with Crippen molar-refractivity contribution in [1.29, 1.82) is 0 Å². The highest BCUT2D eigenvalue weighted by Gasteiger charge is 2.32.